The van der Waals surface area contributed by atoms with Gasteiger partial charge in [-0.05, 0) is 43.7 Å². The van der Waals surface area contributed by atoms with Gasteiger partial charge in [0.1, 0.15) is 0 Å². The van der Waals surface area contributed by atoms with E-state index in [0.717, 1.165) is 38.2 Å². The minimum Gasteiger partial charge on any atom is -0.293 e. The first kappa shape index (κ1) is 20.6. The van der Waals surface area contributed by atoms with E-state index in [0.29, 0.717) is 10.9 Å². The fourth-order valence-electron chi connectivity index (χ4n) is 3.29. The second kappa shape index (κ2) is 8.98. The number of nitrogens with zero attached hydrogens (tertiary/aromatic N) is 3. The van der Waals surface area contributed by atoms with E-state index < -0.39 is 0 Å². The lowest BCUT2D eigenvalue weighted by Gasteiger charge is -2.11. The molecule has 1 heterocycles. The van der Waals surface area contributed by atoms with Gasteiger partial charge in [0.15, 0.2) is 16.8 Å². The zero-order chi connectivity index (χ0) is 21.1. The Hall–Kier alpha value is -2.70. The molecule has 0 aliphatic rings. The van der Waals surface area contributed by atoms with E-state index in [9.17, 15) is 4.79 Å². The zero-order valence-electron chi connectivity index (χ0n) is 16.7. The molecule has 4 rings (SSSR count). The molecule has 150 valence electrons. The fraction of sp³-hybridized carbons (Fsp3) is 0.125. The van der Waals surface area contributed by atoms with Crippen LogP contribution in [0.1, 0.15) is 21.5 Å². The van der Waals surface area contributed by atoms with Gasteiger partial charge in [0.2, 0.25) is 0 Å². The summed E-state index contributed by atoms with van der Waals surface area (Å²) >= 11 is 4.88. The summed E-state index contributed by atoms with van der Waals surface area (Å²) in [5, 5.41) is 9.54. The number of ketones is 1. The summed E-state index contributed by atoms with van der Waals surface area (Å²) in [7, 11) is 0. The second-order valence-electron chi connectivity index (χ2n) is 7.01. The lowest BCUT2D eigenvalue weighted by atomic mass is 10.0. The third kappa shape index (κ3) is 4.40. The van der Waals surface area contributed by atoms with Gasteiger partial charge in [0.05, 0.1) is 5.75 Å². The van der Waals surface area contributed by atoms with Gasteiger partial charge in [0.25, 0.3) is 0 Å². The molecule has 0 atom stereocenters. The Morgan fingerprint density at radius 3 is 2.40 bits per heavy atom. The Labute approximate surface area is 188 Å². The molecule has 4 nitrogen and oxygen atoms in total. The molecule has 4 aromatic rings. The van der Waals surface area contributed by atoms with Crippen LogP contribution >= 0.6 is 27.7 Å². The van der Waals surface area contributed by atoms with Crippen LogP contribution in [0.5, 0.6) is 0 Å². The van der Waals surface area contributed by atoms with Crippen molar-refractivity contribution in [2.24, 2.45) is 0 Å². The van der Waals surface area contributed by atoms with Crippen molar-refractivity contribution in [2.45, 2.75) is 19.0 Å². The molecule has 0 bridgehead atoms. The molecule has 0 spiro atoms. The molecule has 6 heteroatoms. The Morgan fingerprint density at radius 1 is 0.967 bits per heavy atom. The molecule has 0 radical (unpaired) electrons. The largest absolute Gasteiger partial charge is 0.293 e. The van der Waals surface area contributed by atoms with Crippen molar-refractivity contribution in [3.8, 4) is 17.1 Å². The SMILES string of the molecule is Cc1ccc(C(=O)CSc2nnc(-c3ccc(Br)cc3)n2-c2ccccc2)c(C)c1. The van der Waals surface area contributed by atoms with Crippen LogP contribution in [0.25, 0.3) is 17.1 Å². The molecule has 0 saturated heterocycles. The van der Waals surface area contributed by atoms with Crippen LogP contribution in [0.2, 0.25) is 0 Å². The van der Waals surface area contributed by atoms with Gasteiger partial charge < -0.3 is 0 Å². The second-order valence-corrected chi connectivity index (χ2v) is 8.87. The maximum absolute atomic E-state index is 12.8. The van der Waals surface area contributed by atoms with E-state index >= 15 is 0 Å². The lowest BCUT2D eigenvalue weighted by molar-refractivity contribution is 0.102. The van der Waals surface area contributed by atoms with Crippen molar-refractivity contribution >= 4 is 33.5 Å². The molecule has 0 amide bonds. The number of thioether (sulfide) groups is 1. The number of hydrogen-bond donors (Lipinski definition) is 0. The van der Waals surface area contributed by atoms with Crippen molar-refractivity contribution in [1.82, 2.24) is 14.8 Å². The molecule has 0 fully saturated rings. The maximum atomic E-state index is 12.8. The minimum absolute atomic E-state index is 0.0882. The van der Waals surface area contributed by atoms with Gasteiger partial charge in [-0.1, -0.05) is 81.8 Å². The van der Waals surface area contributed by atoms with Crippen molar-refractivity contribution in [3.05, 3.63) is 94.0 Å². The zero-order valence-corrected chi connectivity index (χ0v) is 19.1. The van der Waals surface area contributed by atoms with Crippen molar-refractivity contribution in [2.75, 3.05) is 5.75 Å². The Morgan fingerprint density at radius 2 is 1.70 bits per heavy atom. The third-order valence-electron chi connectivity index (χ3n) is 4.76. The van der Waals surface area contributed by atoms with Crippen LogP contribution in [-0.4, -0.2) is 26.3 Å². The van der Waals surface area contributed by atoms with Gasteiger partial charge in [-0.2, -0.15) is 0 Å². The molecule has 0 aliphatic heterocycles. The van der Waals surface area contributed by atoms with E-state index in [1.165, 1.54) is 11.8 Å². The highest BCUT2D eigenvalue weighted by atomic mass is 79.9. The number of rotatable bonds is 6. The fourth-order valence-corrected chi connectivity index (χ4v) is 4.39. The van der Waals surface area contributed by atoms with Crippen molar-refractivity contribution in [1.29, 1.82) is 0 Å². The van der Waals surface area contributed by atoms with Crippen LogP contribution in [0, 0.1) is 13.8 Å². The Bertz CT molecular complexity index is 1190. The maximum Gasteiger partial charge on any atom is 0.196 e. The molecular weight excluding hydrogens is 458 g/mol. The van der Waals surface area contributed by atoms with Crippen LogP contribution < -0.4 is 0 Å². The van der Waals surface area contributed by atoms with Gasteiger partial charge in [-0.25, -0.2) is 0 Å². The van der Waals surface area contributed by atoms with E-state index in [4.69, 9.17) is 0 Å². The molecule has 0 saturated carbocycles. The van der Waals surface area contributed by atoms with Crippen LogP contribution in [0.4, 0.5) is 0 Å². The summed E-state index contributed by atoms with van der Waals surface area (Å²) < 4.78 is 3.01. The van der Waals surface area contributed by atoms with E-state index in [-0.39, 0.29) is 5.78 Å². The highest BCUT2D eigenvalue weighted by molar-refractivity contribution is 9.10. The summed E-state index contributed by atoms with van der Waals surface area (Å²) in [6, 6.07) is 23.9. The first-order chi connectivity index (χ1) is 14.5. The van der Waals surface area contributed by atoms with Gasteiger partial charge in [-0.3, -0.25) is 9.36 Å². The van der Waals surface area contributed by atoms with Gasteiger partial charge >= 0.3 is 0 Å². The summed E-state index contributed by atoms with van der Waals surface area (Å²) in [5.74, 6) is 1.13. The number of aryl methyl sites for hydroxylation is 2. The number of para-hydroxylation sites is 1. The monoisotopic (exact) mass is 477 g/mol. The molecular formula is C24H20BrN3OS. The minimum atomic E-state index is 0.0882. The average molecular weight is 478 g/mol. The van der Waals surface area contributed by atoms with Crippen LogP contribution in [0.3, 0.4) is 0 Å². The molecule has 0 N–H and O–H groups in total. The quantitative estimate of drug-likeness (QED) is 0.242. The predicted octanol–water partition coefficient (Wildman–Crippen LogP) is 6.29. The summed E-state index contributed by atoms with van der Waals surface area (Å²) in [6.45, 7) is 4.00. The average Bonchev–Trinajstić information content (AvgIpc) is 3.17. The predicted molar refractivity (Wildman–Crippen MR) is 125 cm³/mol. The normalized spacial score (nSPS) is 10.9. The molecule has 3 aromatic carbocycles. The summed E-state index contributed by atoms with van der Waals surface area (Å²) in [4.78, 5) is 12.8. The first-order valence-corrected chi connectivity index (χ1v) is 11.3. The Balaban J connectivity index is 1.66. The number of benzene rings is 3. The van der Waals surface area contributed by atoms with Crippen molar-refractivity contribution < 1.29 is 4.79 Å². The topological polar surface area (TPSA) is 47.8 Å². The highest BCUT2D eigenvalue weighted by Crippen LogP contribution is 2.29. The summed E-state index contributed by atoms with van der Waals surface area (Å²) in [5.41, 5.74) is 4.83. The molecule has 30 heavy (non-hydrogen) atoms. The van der Waals surface area contributed by atoms with E-state index in [1.807, 2.05) is 91.2 Å². The number of aromatic nitrogens is 3. The number of carbonyl (C=O) groups is 1. The van der Waals surface area contributed by atoms with Crippen molar-refractivity contribution in [3.63, 3.8) is 0 Å². The Kier molecular flexibility index (Phi) is 6.16. The van der Waals surface area contributed by atoms with Crippen LogP contribution in [-0.2, 0) is 0 Å². The lowest BCUT2D eigenvalue weighted by Crippen LogP contribution is -2.06. The smallest absolute Gasteiger partial charge is 0.196 e. The number of hydrogen-bond acceptors (Lipinski definition) is 4. The number of Topliss-reactive ketones (excluding diaryl/α,β-unsaturated/α-hetero) is 1. The third-order valence-corrected chi connectivity index (χ3v) is 6.22. The van der Waals surface area contributed by atoms with E-state index in [2.05, 4.69) is 26.1 Å². The number of halogens is 1. The highest BCUT2D eigenvalue weighted by Gasteiger charge is 2.18. The van der Waals surface area contributed by atoms with Gasteiger partial charge in [-0.15, -0.1) is 10.2 Å². The number of carbonyl (C=O) groups excluding carboxylic acids is 1. The summed E-state index contributed by atoms with van der Waals surface area (Å²) in [6.07, 6.45) is 0. The van der Waals surface area contributed by atoms with Crippen LogP contribution in [0.15, 0.2) is 82.4 Å². The van der Waals surface area contributed by atoms with E-state index in [1.54, 1.807) is 0 Å². The first-order valence-electron chi connectivity index (χ1n) is 9.53. The van der Waals surface area contributed by atoms with Gasteiger partial charge in [0, 0.05) is 21.3 Å². The molecule has 0 aliphatic carbocycles. The molecule has 0 unspecified atom stereocenters. The molecule has 1 aromatic heterocycles. The standard InChI is InChI=1S/C24H20BrN3OS/c1-16-8-13-21(17(2)14-16)22(29)15-30-24-27-26-23(18-9-11-19(25)12-10-18)28(24)20-6-4-3-5-7-20/h3-14H,15H2,1-2H3.